The van der Waals surface area contributed by atoms with E-state index in [1.165, 1.54) is 6.08 Å². The molecular formula is C9H15ClO2. The molecule has 0 aromatic carbocycles. The minimum atomic E-state index is -0.309. The zero-order valence-electron chi connectivity index (χ0n) is 7.55. The van der Waals surface area contributed by atoms with Crippen molar-refractivity contribution in [3.63, 3.8) is 0 Å². The lowest BCUT2D eigenvalue weighted by Gasteiger charge is -1.99. The predicted molar refractivity (Wildman–Crippen MR) is 50.3 cm³/mol. The topological polar surface area (TPSA) is 26.3 Å². The molecule has 0 aliphatic carbocycles. The summed E-state index contributed by atoms with van der Waals surface area (Å²) in [5.74, 6) is -0.309. The van der Waals surface area contributed by atoms with Crippen LogP contribution in [-0.4, -0.2) is 18.0 Å². The second-order valence-electron chi connectivity index (χ2n) is 2.45. The van der Waals surface area contributed by atoms with Crippen LogP contribution in [0.5, 0.6) is 0 Å². The molecule has 0 bridgehead atoms. The minimum absolute atomic E-state index is 0.0702. The number of carbonyl (C=O) groups excluding carboxylic acids is 1. The molecule has 70 valence electrons. The molecule has 0 saturated carbocycles. The van der Waals surface area contributed by atoms with E-state index in [1.54, 1.807) is 6.08 Å². The van der Waals surface area contributed by atoms with E-state index >= 15 is 0 Å². The van der Waals surface area contributed by atoms with Gasteiger partial charge >= 0.3 is 5.97 Å². The normalized spacial score (nSPS) is 13.2. The number of allylic oxidation sites excluding steroid dienone is 1. The standard InChI is InChI=1S/C9H15ClO2/c1-3-7-12-9(11)6-5-8(10)4-2/h5-6,8H,3-4,7H2,1-2H3/b6-5+. The van der Waals surface area contributed by atoms with Crippen LogP contribution in [0, 0.1) is 0 Å². The molecular weight excluding hydrogens is 176 g/mol. The van der Waals surface area contributed by atoms with Crippen molar-refractivity contribution in [1.82, 2.24) is 0 Å². The van der Waals surface area contributed by atoms with Crippen LogP contribution in [0.25, 0.3) is 0 Å². The molecule has 2 nitrogen and oxygen atoms in total. The summed E-state index contributed by atoms with van der Waals surface area (Å²) < 4.78 is 4.80. The molecule has 3 heteroatoms. The monoisotopic (exact) mass is 190 g/mol. The molecule has 0 N–H and O–H groups in total. The number of halogens is 1. The quantitative estimate of drug-likeness (QED) is 0.378. The van der Waals surface area contributed by atoms with Crippen LogP contribution >= 0.6 is 11.6 Å². The fraction of sp³-hybridized carbons (Fsp3) is 0.667. The van der Waals surface area contributed by atoms with Crippen LogP contribution in [0.3, 0.4) is 0 Å². The van der Waals surface area contributed by atoms with E-state index in [0.29, 0.717) is 6.61 Å². The first kappa shape index (κ1) is 11.5. The Morgan fingerprint density at radius 3 is 2.75 bits per heavy atom. The molecule has 0 aromatic rings. The second kappa shape index (κ2) is 7.17. The number of hydrogen-bond donors (Lipinski definition) is 0. The van der Waals surface area contributed by atoms with Gasteiger partial charge in [-0.2, -0.15) is 0 Å². The molecule has 0 radical (unpaired) electrons. The van der Waals surface area contributed by atoms with Gasteiger partial charge in [0.2, 0.25) is 0 Å². The number of esters is 1. The van der Waals surface area contributed by atoms with E-state index < -0.39 is 0 Å². The summed E-state index contributed by atoms with van der Waals surface area (Å²) in [6.07, 6.45) is 4.70. The Balaban J connectivity index is 3.60. The van der Waals surface area contributed by atoms with Gasteiger partial charge in [0, 0.05) is 6.08 Å². The molecule has 1 unspecified atom stereocenters. The molecule has 0 saturated heterocycles. The fourth-order valence-electron chi connectivity index (χ4n) is 0.570. The highest BCUT2D eigenvalue weighted by Gasteiger charge is 1.97. The zero-order chi connectivity index (χ0) is 9.40. The molecule has 0 heterocycles. The summed E-state index contributed by atoms with van der Waals surface area (Å²) in [4.78, 5) is 10.9. The maximum Gasteiger partial charge on any atom is 0.330 e. The first-order chi connectivity index (χ1) is 5.70. The molecule has 1 atom stereocenters. The Morgan fingerprint density at radius 2 is 2.25 bits per heavy atom. The summed E-state index contributed by atoms with van der Waals surface area (Å²) in [5.41, 5.74) is 0. The van der Waals surface area contributed by atoms with Crippen molar-refractivity contribution in [2.45, 2.75) is 32.1 Å². The zero-order valence-corrected chi connectivity index (χ0v) is 8.30. The highest BCUT2D eigenvalue weighted by molar-refractivity contribution is 6.21. The number of hydrogen-bond acceptors (Lipinski definition) is 2. The van der Waals surface area contributed by atoms with Crippen LogP contribution in [0.1, 0.15) is 26.7 Å². The van der Waals surface area contributed by atoms with E-state index in [9.17, 15) is 4.79 Å². The maximum atomic E-state index is 10.9. The van der Waals surface area contributed by atoms with Gasteiger partial charge in [-0.15, -0.1) is 11.6 Å². The summed E-state index contributed by atoms with van der Waals surface area (Å²) in [7, 11) is 0. The van der Waals surface area contributed by atoms with E-state index in [2.05, 4.69) is 0 Å². The number of alkyl halides is 1. The fourth-order valence-corrected chi connectivity index (χ4v) is 0.643. The SMILES string of the molecule is CCCOC(=O)/C=C/C(Cl)CC. The predicted octanol–water partition coefficient (Wildman–Crippen LogP) is 2.51. The van der Waals surface area contributed by atoms with Gasteiger partial charge in [0.1, 0.15) is 0 Å². The summed E-state index contributed by atoms with van der Waals surface area (Å²) in [6, 6.07) is 0. The van der Waals surface area contributed by atoms with Crippen LogP contribution in [-0.2, 0) is 9.53 Å². The third-order valence-corrected chi connectivity index (χ3v) is 1.73. The van der Waals surface area contributed by atoms with E-state index in [1.807, 2.05) is 13.8 Å². The molecule has 0 aliphatic heterocycles. The molecule has 0 aliphatic rings. The first-order valence-electron chi connectivity index (χ1n) is 4.19. The van der Waals surface area contributed by atoms with Crippen molar-refractivity contribution in [1.29, 1.82) is 0 Å². The van der Waals surface area contributed by atoms with Gasteiger partial charge in [-0.25, -0.2) is 4.79 Å². The van der Waals surface area contributed by atoms with Gasteiger partial charge in [-0.1, -0.05) is 19.9 Å². The lowest BCUT2D eigenvalue weighted by molar-refractivity contribution is -0.137. The van der Waals surface area contributed by atoms with Crippen molar-refractivity contribution >= 4 is 17.6 Å². The van der Waals surface area contributed by atoms with Gasteiger partial charge in [-0.05, 0) is 12.8 Å². The molecule has 0 aromatic heterocycles. The lowest BCUT2D eigenvalue weighted by Crippen LogP contribution is -2.02. The highest BCUT2D eigenvalue weighted by atomic mass is 35.5. The maximum absolute atomic E-state index is 10.9. The smallest absolute Gasteiger partial charge is 0.330 e. The Morgan fingerprint density at radius 1 is 1.58 bits per heavy atom. The molecule has 0 spiro atoms. The Kier molecular flexibility index (Phi) is 6.87. The summed E-state index contributed by atoms with van der Waals surface area (Å²) >= 11 is 5.75. The molecule has 0 rings (SSSR count). The number of rotatable bonds is 5. The Labute approximate surface area is 78.5 Å². The number of carbonyl (C=O) groups is 1. The van der Waals surface area contributed by atoms with E-state index in [-0.39, 0.29) is 11.3 Å². The average Bonchev–Trinajstić information content (AvgIpc) is 2.10. The van der Waals surface area contributed by atoms with Gasteiger partial charge in [0.25, 0.3) is 0 Å². The van der Waals surface area contributed by atoms with Crippen LogP contribution in [0.4, 0.5) is 0 Å². The molecule has 0 amide bonds. The van der Waals surface area contributed by atoms with Crippen molar-refractivity contribution in [2.75, 3.05) is 6.61 Å². The number of ether oxygens (including phenoxy) is 1. The van der Waals surface area contributed by atoms with Crippen molar-refractivity contribution in [2.24, 2.45) is 0 Å². The van der Waals surface area contributed by atoms with E-state index in [4.69, 9.17) is 16.3 Å². The van der Waals surface area contributed by atoms with Gasteiger partial charge in [0.15, 0.2) is 0 Å². The van der Waals surface area contributed by atoms with Crippen molar-refractivity contribution in [3.05, 3.63) is 12.2 Å². The largest absolute Gasteiger partial charge is 0.463 e. The summed E-state index contributed by atoms with van der Waals surface area (Å²) in [5, 5.41) is -0.0702. The second-order valence-corrected chi connectivity index (χ2v) is 3.01. The third kappa shape index (κ3) is 6.23. The van der Waals surface area contributed by atoms with Gasteiger partial charge in [-0.3, -0.25) is 0 Å². The third-order valence-electron chi connectivity index (χ3n) is 1.28. The molecule has 12 heavy (non-hydrogen) atoms. The molecule has 0 fully saturated rings. The van der Waals surface area contributed by atoms with Gasteiger partial charge in [0.05, 0.1) is 12.0 Å². The first-order valence-corrected chi connectivity index (χ1v) is 4.63. The van der Waals surface area contributed by atoms with Gasteiger partial charge < -0.3 is 4.74 Å². The minimum Gasteiger partial charge on any atom is -0.463 e. The Hall–Kier alpha value is -0.500. The lowest BCUT2D eigenvalue weighted by atomic mass is 10.3. The van der Waals surface area contributed by atoms with Crippen molar-refractivity contribution in [3.8, 4) is 0 Å². The average molecular weight is 191 g/mol. The van der Waals surface area contributed by atoms with Crippen LogP contribution in [0.2, 0.25) is 0 Å². The highest BCUT2D eigenvalue weighted by Crippen LogP contribution is 2.02. The van der Waals surface area contributed by atoms with E-state index in [0.717, 1.165) is 12.8 Å². The summed E-state index contributed by atoms with van der Waals surface area (Å²) in [6.45, 7) is 4.38. The van der Waals surface area contributed by atoms with Crippen LogP contribution < -0.4 is 0 Å². The van der Waals surface area contributed by atoms with Crippen LogP contribution in [0.15, 0.2) is 12.2 Å². The van der Waals surface area contributed by atoms with Crippen molar-refractivity contribution < 1.29 is 9.53 Å². The Bertz CT molecular complexity index is 155.